The van der Waals surface area contributed by atoms with Crippen molar-refractivity contribution < 1.29 is 14.0 Å². The second kappa shape index (κ2) is 6.47. The molecule has 6 heteroatoms. The molecule has 0 fully saturated rings. The first-order chi connectivity index (χ1) is 11.7. The molecule has 4 rings (SSSR count). The van der Waals surface area contributed by atoms with Crippen molar-refractivity contribution in [2.75, 3.05) is 13.1 Å². The van der Waals surface area contributed by atoms with Gasteiger partial charge in [0, 0.05) is 42.1 Å². The smallest absolute Gasteiger partial charge is 0.143 e. The molecule has 1 aromatic carbocycles. The van der Waals surface area contributed by atoms with E-state index in [0.717, 1.165) is 34.7 Å². The molecule has 0 radical (unpaired) electrons. The highest BCUT2D eigenvalue weighted by atomic mass is 32.1. The van der Waals surface area contributed by atoms with E-state index >= 15 is 0 Å². The third-order valence-corrected chi connectivity index (χ3v) is 5.28. The normalized spacial score (nSPS) is 16.1. The lowest BCUT2D eigenvalue weighted by atomic mass is 10.0. The van der Waals surface area contributed by atoms with E-state index in [9.17, 15) is 9.50 Å². The van der Waals surface area contributed by atoms with Crippen LogP contribution in [0.2, 0.25) is 0 Å². The molecule has 124 valence electrons. The SMILES string of the molecule is OC(CN1CCc2onc(-c3cccc(F)c3)c2C1)c1cccs1. The average Bonchev–Trinajstić information content (AvgIpc) is 3.24. The number of aromatic nitrogens is 1. The summed E-state index contributed by atoms with van der Waals surface area (Å²) in [4.78, 5) is 3.16. The zero-order chi connectivity index (χ0) is 16.5. The van der Waals surface area contributed by atoms with E-state index in [1.165, 1.54) is 12.1 Å². The number of thiophene rings is 1. The summed E-state index contributed by atoms with van der Waals surface area (Å²) in [6, 6.07) is 10.3. The van der Waals surface area contributed by atoms with Crippen molar-refractivity contribution in [2.45, 2.75) is 19.1 Å². The van der Waals surface area contributed by atoms with Crippen molar-refractivity contribution >= 4 is 11.3 Å². The van der Waals surface area contributed by atoms with Gasteiger partial charge >= 0.3 is 0 Å². The van der Waals surface area contributed by atoms with Crippen molar-refractivity contribution in [3.05, 3.63) is 63.8 Å². The van der Waals surface area contributed by atoms with Gasteiger partial charge in [-0.2, -0.15) is 0 Å². The fourth-order valence-electron chi connectivity index (χ4n) is 3.10. The summed E-state index contributed by atoms with van der Waals surface area (Å²) in [6.07, 6.45) is 0.249. The number of nitrogens with zero attached hydrogens (tertiary/aromatic N) is 2. The summed E-state index contributed by atoms with van der Waals surface area (Å²) in [6.45, 7) is 2.02. The Balaban J connectivity index is 1.55. The van der Waals surface area contributed by atoms with Gasteiger partial charge in [-0.15, -0.1) is 11.3 Å². The van der Waals surface area contributed by atoms with Crippen molar-refractivity contribution in [1.29, 1.82) is 0 Å². The van der Waals surface area contributed by atoms with Crippen molar-refractivity contribution in [3.8, 4) is 11.3 Å². The van der Waals surface area contributed by atoms with E-state index < -0.39 is 6.10 Å². The van der Waals surface area contributed by atoms with Crippen LogP contribution in [0.15, 0.2) is 46.3 Å². The number of rotatable bonds is 4. The van der Waals surface area contributed by atoms with Gasteiger partial charge in [-0.3, -0.25) is 4.90 Å². The number of hydrogen-bond donors (Lipinski definition) is 1. The Morgan fingerprint density at radius 2 is 2.25 bits per heavy atom. The first-order valence-electron chi connectivity index (χ1n) is 7.88. The minimum atomic E-state index is -0.496. The predicted molar refractivity (Wildman–Crippen MR) is 90.2 cm³/mol. The fraction of sp³-hybridized carbons (Fsp3) is 0.278. The second-order valence-electron chi connectivity index (χ2n) is 5.96. The molecule has 0 amide bonds. The van der Waals surface area contributed by atoms with E-state index in [0.29, 0.717) is 18.8 Å². The maximum absolute atomic E-state index is 13.5. The van der Waals surface area contributed by atoms with E-state index in [1.54, 1.807) is 17.4 Å². The topological polar surface area (TPSA) is 49.5 Å². The molecular weight excluding hydrogens is 327 g/mol. The average molecular weight is 344 g/mol. The Hall–Kier alpha value is -2.02. The molecule has 0 aliphatic carbocycles. The molecule has 2 aromatic heterocycles. The van der Waals surface area contributed by atoms with Gasteiger partial charge in [0.25, 0.3) is 0 Å². The van der Waals surface area contributed by atoms with Crippen LogP contribution < -0.4 is 0 Å². The minimum Gasteiger partial charge on any atom is -0.386 e. The molecule has 1 atom stereocenters. The van der Waals surface area contributed by atoms with Gasteiger partial charge in [-0.1, -0.05) is 23.4 Å². The van der Waals surface area contributed by atoms with Crippen LogP contribution in [-0.2, 0) is 13.0 Å². The van der Waals surface area contributed by atoms with Crippen LogP contribution in [0.5, 0.6) is 0 Å². The van der Waals surface area contributed by atoms with Gasteiger partial charge in [0.05, 0.1) is 0 Å². The van der Waals surface area contributed by atoms with Crippen LogP contribution in [0, 0.1) is 5.82 Å². The molecule has 0 spiro atoms. The summed E-state index contributed by atoms with van der Waals surface area (Å²) in [5.74, 6) is 0.571. The second-order valence-corrected chi connectivity index (χ2v) is 6.94. The molecule has 0 saturated heterocycles. The number of aliphatic hydroxyl groups excluding tert-OH is 1. The first kappa shape index (κ1) is 15.5. The fourth-order valence-corrected chi connectivity index (χ4v) is 3.80. The van der Waals surface area contributed by atoms with Crippen LogP contribution in [-0.4, -0.2) is 28.3 Å². The number of fused-ring (bicyclic) bond motifs is 1. The number of halogens is 1. The van der Waals surface area contributed by atoms with Crippen LogP contribution in [0.3, 0.4) is 0 Å². The van der Waals surface area contributed by atoms with Gasteiger partial charge in [-0.05, 0) is 23.6 Å². The monoisotopic (exact) mass is 344 g/mol. The summed E-state index contributed by atoms with van der Waals surface area (Å²) in [7, 11) is 0. The molecule has 0 saturated carbocycles. The summed E-state index contributed by atoms with van der Waals surface area (Å²) >= 11 is 1.56. The Kier molecular flexibility index (Phi) is 4.18. The van der Waals surface area contributed by atoms with E-state index in [-0.39, 0.29) is 5.82 Å². The summed E-state index contributed by atoms with van der Waals surface area (Å²) in [5, 5.41) is 16.5. The number of aliphatic hydroxyl groups is 1. The third-order valence-electron chi connectivity index (χ3n) is 4.31. The number of β-amino-alcohol motifs (C(OH)–C–C–N with tert-alkyl or cyclic N) is 1. The Bertz CT molecular complexity index is 831. The largest absolute Gasteiger partial charge is 0.386 e. The maximum atomic E-state index is 13.5. The van der Waals surface area contributed by atoms with Gasteiger partial charge in [0.1, 0.15) is 23.4 Å². The molecule has 1 aliphatic rings. The van der Waals surface area contributed by atoms with Crippen molar-refractivity contribution in [1.82, 2.24) is 10.1 Å². The van der Waals surface area contributed by atoms with Crippen molar-refractivity contribution in [2.24, 2.45) is 0 Å². The van der Waals surface area contributed by atoms with Gasteiger partial charge < -0.3 is 9.63 Å². The minimum absolute atomic E-state index is 0.287. The van der Waals surface area contributed by atoms with Crippen LogP contribution in [0.4, 0.5) is 4.39 Å². The van der Waals surface area contributed by atoms with E-state index in [2.05, 4.69) is 10.1 Å². The molecule has 3 heterocycles. The lowest BCUT2D eigenvalue weighted by molar-refractivity contribution is 0.106. The summed E-state index contributed by atoms with van der Waals surface area (Å²) in [5.41, 5.74) is 2.41. The van der Waals surface area contributed by atoms with Crippen LogP contribution in [0.25, 0.3) is 11.3 Å². The summed E-state index contributed by atoms with van der Waals surface area (Å²) < 4.78 is 18.9. The molecule has 1 N–H and O–H groups in total. The molecule has 4 nitrogen and oxygen atoms in total. The van der Waals surface area contributed by atoms with Gasteiger partial charge in [0.2, 0.25) is 0 Å². The maximum Gasteiger partial charge on any atom is 0.143 e. The highest BCUT2D eigenvalue weighted by molar-refractivity contribution is 7.10. The molecule has 1 unspecified atom stereocenters. The quantitative estimate of drug-likeness (QED) is 0.785. The number of hydrogen-bond acceptors (Lipinski definition) is 5. The van der Waals surface area contributed by atoms with E-state index in [1.807, 2.05) is 23.6 Å². The molecule has 0 bridgehead atoms. The molecular formula is C18H17FN2O2S. The Morgan fingerprint density at radius 1 is 1.33 bits per heavy atom. The molecule has 1 aliphatic heterocycles. The predicted octanol–water partition coefficient (Wildman–Crippen LogP) is 3.63. The lowest BCUT2D eigenvalue weighted by Crippen LogP contribution is -2.33. The van der Waals surface area contributed by atoms with Crippen LogP contribution in [0.1, 0.15) is 22.3 Å². The first-order valence-corrected chi connectivity index (χ1v) is 8.76. The van der Waals surface area contributed by atoms with Crippen LogP contribution >= 0.6 is 11.3 Å². The highest BCUT2D eigenvalue weighted by Gasteiger charge is 2.26. The van der Waals surface area contributed by atoms with Crippen molar-refractivity contribution in [3.63, 3.8) is 0 Å². The zero-order valence-electron chi connectivity index (χ0n) is 13.0. The highest BCUT2D eigenvalue weighted by Crippen LogP contribution is 2.31. The number of benzene rings is 1. The van der Waals surface area contributed by atoms with Gasteiger partial charge in [0.15, 0.2) is 0 Å². The Labute approximate surface area is 143 Å². The van der Waals surface area contributed by atoms with E-state index in [4.69, 9.17) is 4.52 Å². The standard InChI is InChI=1S/C18H17FN2O2S/c19-13-4-1-3-12(9-13)18-14-10-21(7-6-16(14)23-20-18)11-15(22)17-5-2-8-24-17/h1-5,8-9,15,22H,6-7,10-11H2. The van der Waals surface area contributed by atoms with Gasteiger partial charge in [-0.25, -0.2) is 4.39 Å². The molecule has 24 heavy (non-hydrogen) atoms. The Morgan fingerprint density at radius 3 is 3.04 bits per heavy atom. The molecule has 3 aromatic rings. The lowest BCUT2D eigenvalue weighted by Gasteiger charge is -2.27. The third kappa shape index (κ3) is 3.00. The zero-order valence-corrected chi connectivity index (χ0v) is 13.8.